The summed E-state index contributed by atoms with van der Waals surface area (Å²) in [5.74, 6) is 0.479. The minimum atomic E-state index is -0.316. The van der Waals surface area contributed by atoms with Crippen LogP contribution < -0.4 is 0 Å². The molecule has 0 bridgehead atoms. The summed E-state index contributed by atoms with van der Waals surface area (Å²) in [5, 5.41) is 4.00. The van der Waals surface area contributed by atoms with Crippen LogP contribution in [0.4, 0.5) is 4.39 Å². The van der Waals surface area contributed by atoms with Gasteiger partial charge in [0.15, 0.2) is 0 Å². The van der Waals surface area contributed by atoms with Crippen LogP contribution in [0.1, 0.15) is 47.6 Å². The number of benzene rings is 2. The summed E-state index contributed by atoms with van der Waals surface area (Å²) in [6.45, 7) is 2.74. The Labute approximate surface area is 156 Å². The van der Waals surface area contributed by atoms with E-state index >= 15 is 0 Å². The van der Waals surface area contributed by atoms with Gasteiger partial charge in [-0.1, -0.05) is 24.2 Å². The van der Waals surface area contributed by atoms with Crippen molar-refractivity contribution in [3.63, 3.8) is 0 Å². The van der Waals surface area contributed by atoms with E-state index in [-0.39, 0.29) is 17.8 Å². The average molecular weight is 365 g/mol. The van der Waals surface area contributed by atoms with Crippen molar-refractivity contribution in [1.82, 2.24) is 15.0 Å². The minimum Gasteiger partial charge on any atom is -0.337 e. The Balaban J connectivity index is 1.56. The van der Waals surface area contributed by atoms with Crippen LogP contribution in [0.15, 0.2) is 53.1 Å². The van der Waals surface area contributed by atoms with Crippen LogP contribution >= 0.6 is 0 Å². The molecule has 1 saturated heterocycles. The van der Waals surface area contributed by atoms with Crippen LogP contribution in [-0.4, -0.2) is 27.5 Å². The molecule has 0 radical (unpaired) electrons. The van der Waals surface area contributed by atoms with Crippen molar-refractivity contribution in [2.45, 2.75) is 32.2 Å². The van der Waals surface area contributed by atoms with Gasteiger partial charge in [-0.25, -0.2) is 4.39 Å². The van der Waals surface area contributed by atoms with E-state index < -0.39 is 0 Å². The molecule has 2 aromatic carbocycles. The second-order valence-electron chi connectivity index (χ2n) is 6.67. The number of halogens is 1. The molecule has 1 fully saturated rings. The predicted octanol–water partition coefficient (Wildman–Crippen LogP) is 4.42. The van der Waals surface area contributed by atoms with Crippen molar-refractivity contribution in [3.05, 3.63) is 71.4 Å². The van der Waals surface area contributed by atoms with Crippen LogP contribution in [-0.2, 0) is 6.42 Å². The first-order valence-electron chi connectivity index (χ1n) is 9.15. The highest BCUT2D eigenvalue weighted by Gasteiger charge is 2.34. The van der Waals surface area contributed by atoms with Gasteiger partial charge in [0.1, 0.15) is 11.9 Å². The van der Waals surface area contributed by atoms with Gasteiger partial charge in [0.25, 0.3) is 5.91 Å². The lowest BCUT2D eigenvalue weighted by atomic mass is 10.1. The Bertz CT molecular complexity index is 935. The molecule has 1 aliphatic heterocycles. The van der Waals surface area contributed by atoms with E-state index in [1.807, 2.05) is 24.3 Å². The summed E-state index contributed by atoms with van der Waals surface area (Å²) in [6, 6.07) is 13.4. The van der Waals surface area contributed by atoms with Gasteiger partial charge in [0, 0.05) is 17.7 Å². The number of carbonyl (C=O) groups excluding carboxylic acids is 1. The van der Waals surface area contributed by atoms with E-state index in [4.69, 9.17) is 4.52 Å². The molecule has 6 heteroatoms. The van der Waals surface area contributed by atoms with E-state index in [1.54, 1.807) is 17.0 Å². The Kier molecular flexibility index (Phi) is 4.71. The number of hydrogen-bond donors (Lipinski definition) is 0. The molecule has 3 aromatic rings. The molecule has 1 aromatic heterocycles. The monoisotopic (exact) mass is 365 g/mol. The minimum absolute atomic E-state index is 0.0262. The maximum atomic E-state index is 13.1. The van der Waals surface area contributed by atoms with Gasteiger partial charge in [0.2, 0.25) is 11.7 Å². The topological polar surface area (TPSA) is 59.2 Å². The summed E-state index contributed by atoms with van der Waals surface area (Å²) in [4.78, 5) is 19.2. The standard InChI is InChI=1S/C21H20FN3O2/c1-2-14-5-7-16(8-6-14)21(26)25-13-3-4-18(25)20-23-19(24-27-20)15-9-11-17(22)12-10-15/h5-12,18H,2-4,13H2,1H3/t18-/m1/s1. The van der Waals surface area contributed by atoms with Gasteiger partial charge in [-0.3, -0.25) is 4.79 Å². The zero-order valence-electron chi connectivity index (χ0n) is 15.1. The van der Waals surface area contributed by atoms with Gasteiger partial charge < -0.3 is 9.42 Å². The number of likely N-dealkylation sites (tertiary alicyclic amines) is 1. The highest BCUT2D eigenvalue weighted by molar-refractivity contribution is 5.94. The molecule has 2 heterocycles. The summed E-state index contributed by atoms with van der Waals surface area (Å²) in [7, 11) is 0. The van der Waals surface area contributed by atoms with Crippen LogP contribution in [0.3, 0.4) is 0 Å². The fourth-order valence-corrected chi connectivity index (χ4v) is 3.40. The van der Waals surface area contributed by atoms with Crippen molar-refractivity contribution >= 4 is 5.91 Å². The third-order valence-corrected chi connectivity index (χ3v) is 4.95. The number of rotatable bonds is 4. The zero-order chi connectivity index (χ0) is 18.8. The fourth-order valence-electron chi connectivity index (χ4n) is 3.40. The van der Waals surface area contributed by atoms with E-state index in [2.05, 4.69) is 17.1 Å². The Morgan fingerprint density at radius 3 is 2.63 bits per heavy atom. The Hall–Kier alpha value is -3.02. The lowest BCUT2D eigenvalue weighted by Crippen LogP contribution is -2.30. The van der Waals surface area contributed by atoms with E-state index in [0.29, 0.717) is 29.4 Å². The third-order valence-electron chi connectivity index (χ3n) is 4.95. The first kappa shape index (κ1) is 17.4. The molecule has 1 amide bonds. The first-order chi connectivity index (χ1) is 13.2. The molecule has 1 atom stereocenters. The normalized spacial score (nSPS) is 16.7. The van der Waals surface area contributed by atoms with Gasteiger partial charge >= 0.3 is 0 Å². The fraction of sp³-hybridized carbons (Fsp3) is 0.286. The quantitative estimate of drug-likeness (QED) is 0.687. The zero-order valence-corrected chi connectivity index (χ0v) is 15.1. The molecule has 1 aliphatic rings. The maximum Gasteiger partial charge on any atom is 0.254 e. The largest absolute Gasteiger partial charge is 0.337 e. The number of aromatic nitrogens is 2. The first-order valence-corrected chi connectivity index (χ1v) is 9.15. The summed E-state index contributed by atoms with van der Waals surface area (Å²) in [5.41, 5.74) is 2.54. The molecule has 0 unspecified atom stereocenters. The van der Waals surface area contributed by atoms with E-state index in [1.165, 1.54) is 17.7 Å². The molecular formula is C21H20FN3O2. The van der Waals surface area contributed by atoms with Crippen molar-refractivity contribution in [2.75, 3.05) is 6.54 Å². The number of nitrogens with zero attached hydrogens (tertiary/aromatic N) is 3. The summed E-state index contributed by atoms with van der Waals surface area (Å²) >= 11 is 0. The smallest absolute Gasteiger partial charge is 0.254 e. The number of aryl methyl sites for hydroxylation is 1. The summed E-state index contributed by atoms with van der Waals surface area (Å²) < 4.78 is 18.5. The van der Waals surface area contributed by atoms with Crippen LogP contribution in [0.25, 0.3) is 11.4 Å². The van der Waals surface area contributed by atoms with Crippen molar-refractivity contribution in [1.29, 1.82) is 0 Å². The van der Waals surface area contributed by atoms with Gasteiger partial charge in [0.05, 0.1) is 0 Å². The second kappa shape index (κ2) is 7.31. The van der Waals surface area contributed by atoms with Crippen LogP contribution in [0, 0.1) is 5.82 Å². The molecule has 0 saturated carbocycles. The number of carbonyl (C=O) groups is 1. The SMILES string of the molecule is CCc1ccc(C(=O)N2CCC[C@@H]2c2nc(-c3ccc(F)cc3)no2)cc1. The van der Waals surface area contributed by atoms with Gasteiger partial charge in [-0.2, -0.15) is 4.98 Å². The molecular weight excluding hydrogens is 345 g/mol. The molecule has 0 spiro atoms. The highest BCUT2D eigenvalue weighted by atomic mass is 19.1. The molecule has 138 valence electrons. The summed E-state index contributed by atoms with van der Waals surface area (Å²) in [6.07, 6.45) is 2.61. The van der Waals surface area contributed by atoms with Crippen molar-refractivity contribution in [3.8, 4) is 11.4 Å². The predicted molar refractivity (Wildman–Crippen MR) is 98.5 cm³/mol. The average Bonchev–Trinajstić information content (AvgIpc) is 3.37. The lowest BCUT2D eigenvalue weighted by Gasteiger charge is -2.22. The third kappa shape index (κ3) is 3.47. The highest BCUT2D eigenvalue weighted by Crippen LogP contribution is 2.33. The lowest BCUT2D eigenvalue weighted by molar-refractivity contribution is 0.0710. The van der Waals surface area contributed by atoms with Crippen molar-refractivity contribution < 1.29 is 13.7 Å². The van der Waals surface area contributed by atoms with Crippen LogP contribution in [0.5, 0.6) is 0 Å². The number of amides is 1. The molecule has 5 nitrogen and oxygen atoms in total. The van der Waals surface area contributed by atoms with Gasteiger partial charge in [-0.15, -0.1) is 0 Å². The number of hydrogen-bond acceptors (Lipinski definition) is 4. The maximum absolute atomic E-state index is 13.1. The molecule has 27 heavy (non-hydrogen) atoms. The Morgan fingerprint density at radius 2 is 1.93 bits per heavy atom. The molecule has 0 N–H and O–H groups in total. The van der Waals surface area contributed by atoms with Crippen LogP contribution in [0.2, 0.25) is 0 Å². The van der Waals surface area contributed by atoms with Gasteiger partial charge in [-0.05, 0) is 61.2 Å². The molecule has 4 rings (SSSR count). The van der Waals surface area contributed by atoms with E-state index in [9.17, 15) is 9.18 Å². The second-order valence-corrected chi connectivity index (χ2v) is 6.67. The van der Waals surface area contributed by atoms with E-state index in [0.717, 1.165) is 19.3 Å². The molecule has 0 aliphatic carbocycles. The van der Waals surface area contributed by atoms with Crippen molar-refractivity contribution in [2.24, 2.45) is 0 Å². The Morgan fingerprint density at radius 1 is 1.19 bits per heavy atom.